The van der Waals surface area contributed by atoms with E-state index in [1.165, 1.54) is 12.3 Å². The van der Waals surface area contributed by atoms with Crippen molar-refractivity contribution >= 4 is 40.4 Å². The van der Waals surface area contributed by atoms with Gasteiger partial charge in [0.15, 0.2) is 0 Å². The van der Waals surface area contributed by atoms with Gasteiger partial charge in [-0.2, -0.15) is 0 Å². The molecule has 166 valence electrons. The zero-order chi connectivity index (χ0) is 22.1. The summed E-state index contributed by atoms with van der Waals surface area (Å²) in [5, 5.41) is 13.7. The Labute approximate surface area is 187 Å². The van der Waals surface area contributed by atoms with Gasteiger partial charge in [-0.3, -0.25) is 15.1 Å². The molecule has 2 heterocycles. The fraction of sp³-hybridized carbons (Fsp3) is 0.136. The third-order valence-corrected chi connectivity index (χ3v) is 5.13. The van der Waals surface area contributed by atoms with Gasteiger partial charge in [0, 0.05) is 30.5 Å². The van der Waals surface area contributed by atoms with Crippen LogP contribution in [0.4, 0.5) is 30.6 Å². The average Bonchev–Trinajstić information content (AvgIpc) is 3.18. The number of aromatic amines is 1. The van der Waals surface area contributed by atoms with E-state index in [9.17, 15) is 18.4 Å². The first-order valence-corrected chi connectivity index (χ1v) is 9.61. The molecule has 0 spiro atoms. The summed E-state index contributed by atoms with van der Waals surface area (Å²) < 4.78 is 28.3. The summed E-state index contributed by atoms with van der Waals surface area (Å²) in [7, 11) is 0. The topological polar surface area (TPSA) is 101 Å². The Morgan fingerprint density at radius 3 is 2.31 bits per heavy atom. The summed E-state index contributed by atoms with van der Waals surface area (Å²) >= 11 is 6.19. The maximum atomic E-state index is 14.1. The van der Waals surface area contributed by atoms with Gasteiger partial charge in [0.05, 0.1) is 22.0 Å². The fourth-order valence-electron chi connectivity index (χ4n) is 3.28. The molecule has 0 unspecified atom stereocenters. The fourth-order valence-corrected chi connectivity index (χ4v) is 3.48. The van der Waals surface area contributed by atoms with E-state index in [-0.39, 0.29) is 35.4 Å². The number of halogens is 3. The normalized spacial score (nSPS) is 12.8. The van der Waals surface area contributed by atoms with Crippen LogP contribution in [0.5, 0.6) is 0 Å². The highest BCUT2D eigenvalue weighted by molar-refractivity contribution is 6.34. The molecule has 0 radical (unpaired) electrons. The lowest BCUT2D eigenvalue weighted by Crippen LogP contribution is -2.27. The van der Waals surface area contributed by atoms with Gasteiger partial charge in [0.2, 0.25) is 0 Å². The Hall–Kier alpha value is -3.72. The Kier molecular flexibility index (Phi) is 6.59. The van der Waals surface area contributed by atoms with Gasteiger partial charge < -0.3 is 15.6 Å². The van der Waals surface area contributed by atoms with Crippen molar-refractivity contribution in [2.75, 3.05) is 23.3 Å². The standard InChI is InChI=1S/C21H16ClF2N5O2.CH4/c22-13-10-27-20(30)16(18(13)28-19-14(23)2-1-3-15(19)24)17(25)11-4-6-12(7-5-11)29-9-8-26-21(29)31;/h1-7,10,25H,8-9H2,(H,26,31)(H2,27,28,30);1H4. The van der Waals surface area contributed by atoms with Gasteiger partial charge in [-0.1, -0.05) is 37.2 Å². The predicted octanol–water partition coefficient (Wildman–Crippen LogP) is 4.63. The number of nitrogens with one attached hydrogen (secondary N) is 4. The van der Waals surface area contributed by atoms with Crippen LogP contribution < -0.4 is 21.1 Å². The molecule has 1 aliphatic rings. The van der Waals surface area contributed by atoms with Crippen molar-refractivity contribution in [3.05, 3.63) is 86.8 Å². The van der Waals surface area contributed by atoms with Crippen LogP contribution in [0.15, 0.2) is 53.5 Å². The SMILES string of the molecule is C.N=C(c1ccc(N2CCNC2=O)cc1)c1c(Nc2c(F)cccc2F)c(Cl)c[nH]c1=O. The number of anilines is 3. The number of nitrogens with zero attached hydrogens (tertiary/aromatic N) is 1. The van der Waals surface area contributed by atoms with Crippen LogP contribution in [0.2, 0.25) is 5.02 Å². The maximum absolute atomic E-state index is 14.1. The Bertz CT molecular complexity index is 1220. The van der Waals surface area contributed by atoms with Crippen LogP contribution in [0.1, 0.15) is 18.6 Å². The molecular weight excluding hydrogens is 440 g/mol. The number of rotatable bonds is 5. The minimum atomic E-state index is -0.873. The molecule has 4 N–H and O–H groups in total. The molecule has 7 nitrogen and oxygen atoms in total. The van der Waals surface area contributed by atoms with Crippen LogP contribution in [0.25, 0.3) is 0 Å². The summed E-state index contributed by atoms with van der Waals surface area (Å²) in [5.41, 5.74) is -0.632. The van der Waals surface area contributed by atoms with E-state index in [1.807, 2.05) is 0 Å². The molecule has 0 atom stereocenters. The number of carbonyl (C=O) groups excluding carboxylic acids is 1. The smallest absolute Gasteiger partial charge is 0.321 e. The zero-order valence-corrected chi connectivity index (χ0v) is 16.7. The minimum Gasteiger partial charge on any atom is -0.349 e. The number of hydrogen-bond donors (Lipinski definition) is 4. The summed E-state index contributed by atoms with van der Waals surface area (Å²) in [6.07, 6.45) is 1.18. The molecule has 2 aromatic carbocycles. The zero-order valence-electron chi connectivity index (χ0n) is 15.9. The van der Waals surface area contributed by atoms with E-state index in [4.69, 9.17) is 17.0 Å². The van der Waals surface area contributed by atoms with Crippen LogP contribution in [0, 0.1) is 17.0 Å². The number of aromatic nitrogens is 1. The Morgan fingerprint density at radius 2 is 1.72 bits per heavy atom. The monoisotopic (exact) mass is 459 g/mol. The molecule has 32 heavy (non-hydrogen) atoms. The second-order valence-electron chi connectivity index (χ2n) is 6.74. The van der Waals surface area contributed by atoms with Crippen LogP contribution >= 0.6 is 11.6 Å². The lowest BCUT2D eigenvalue weighted by molar-refractivity contribution is 0.252. The molecule has 0 bridgehead atoms. The molecule has 1 aliphatic heterocycles. The summed E-state index contributed by atoms with van der Waals surface area (Å²) in [6, 6.07) is 9.57. The highest BCUT2D eigenvalue weighted by Crippen LogP contribution is 2.31. The third-order valence-electron chi connectivity index (χ3n) is 4.83. The first-order chi connectivity index (χ1) is 14.9. The third kappa shape index (κ3) is 4.19. The van der Waals surface area contributed by atoms with Gasteiger partial charge in [0.25, 0.3) is 5.56 Å². The molecule has 0 saturated carbocycles. The van der Waals surface area contributed by atoms with Crippen molar-refractivity contribution < 1.29 is 13.6 Å². The lowest BCUT2D eigenvalue weighted by Gasteiger charge is -2.16. The van der Waals surface area contributed by atoms with Crippen molar-refractivity contribution in [3.8, 4) is 0 Å². The van der Waals surface area contributed by atoms with Crippen molar-refractivity contribution in [1.82, 2.24) is 10.3 Å². The average molecular weight is 460 g/mol. The van der Waals surface area contributed by atoms with Gasteiger partial charge in [-0.05, 0) is 24.3 Å². The van der Waals surface area contributed by atoms with Crippen molar-refractivity contribution in [1.29, 1.82) is 5.41 Å². The van der Waals surface area contributed by atoms with E-state index >= 15 is 0 Å². The lowest BCUT2D eigenvalue weighted by atomic mass is 10.0. The second-order valence-corrected chi connectivity index (χ2v) is 7.15. The molecule has 2 amide bonds. The maximum Gasteiger partial charge on any atom is 0.321 e. The molecule has 1 saturated heterocycles. The molecule has 10 heteroatoms. The number of para-hydroxylation sites is 1. The second kappa shape index (κ2) is 9.19. The van der Waals surface area contributed by atoms with E-state index < -0.39 is 22.9 Å². The van der Waals surface area contributed by atoms with Crippen LogP contribution in [-0.4, -0.2) is 29.8 Å². The highest BCUT2D eigenvalue weighted by atomic mass is 35.5. The van der Waals surface area contributed by atoms with Gasteiger partial charge in [-0.25, -0.2) is 13.6 Å². The molecule has 1 aromatic heterocycles. The van der Waals surface area contributed by atoms with Crippen molar-refractivity contribution in [2.24, 2.45) is 0 Å². The quantitative estimate of drug-likeness (QED) is 0.418. The van der Waals surface area contributed by atoms with E-state index in [0.29, 0.717) is 24.3 Å². The Morgan fingerprint density at radius 1 is 1.06 bits per heavy atom. The first kappa shape index (κ1) is 23.0. The van der Waals surface area contributed by atoms with E-state index in [2.05, 4.69) is 15.6 Å². The minimum absolute atomic E-state index is 0. The van der Waals surface area contributed by atoms with Gasteiger partial charge in [0.1, 0.15) is 17.3 Å². The van der Waals surface area contributed by atoms with Crippen molar-refractivity contribution in [3.63, 3.8) is 0 Å². The highest BCUT2D eigenvalue weighted by Gasteiger charge is 2.23. The van der Waals surface area contributed by atoms with Crippen LogP contribution in [0.3, 0.4) is 0 Å². The van der Waals surface area contributed by atoms with Gasteiger partial charge in [-0.15, -0.1) is 0 Å². The molecule has 4 rings (SSSR count). The van der Waals surface area contributed by atoms with Gasteiger partial charge >= 0.3 is 6.03 Å². The summed E-state index contributed by atoms with van der Waals surface area (Å²) in [5.74, 6) is -1.75. The number of carbonyl (C=O) groups is 1. The van der Waals surface area contributed by atoms with E-state index in [1.54, 1.807) is 29.2 Å². The largest absolute Gasteiger partial charge is 0.349 e. The number of pyridine rings is 1. The number of amides is 2. The van der Waals surface area contributed by atoms with Crippen molar-refractivity contribution in [2.45, 2.75) is 7.43 Å². The molecule has 3 aromatic rings. The molecule has 0 aliphatic carbocycles. The number of H-pyrrole nitrogens is 1. The predicted molar refractivity (Wildman–Crippen MR) is 122 cm³/mol. The first-order valence-electron chi connectivity index (χ1n) is 9.23. The van der Waals surface area contributed by atoms with Crippen LogP contribution in [-0.2, 0) is 0 Å². The van der Waals surface area contributed by atoms with E-state index in [0.717, 1.165) is 12.1 Å². The Balaban J connectivity index is 0.00000289. The summed E-state index contributed by atoms with van der Waals surface area (Å²) in [6.45, 7) is 1.06. The number of benzene rings is 2. The number of hydrogen-bond acceptors (Lipinski definition) is 4. The summed E-state index contributed by atoms with van der Waals surface area (Å²) in [4.78, 5) is 28.3. The molecular formula is C22H20ClF2N5O2. The number of urea groups is 1. The molecule has 1 fully saturated rings.